The van der Waals surface area contributed by atoms with Gasteiger partial charge in [0.05, 0.1) is 12.3 Å². The highest BCUT2D eigenvalue weighted by Crippen LogP contribution is 2.26. The van der Waals surface area contributed by atoms with Crippen molar-refractivity contribution in [2.45, 2.75) is 0 Å². The molecule has 27 heavy (non-hydrogen) atoms. The second-order valence-electron chi connectivity index (χ2n) is 5.67. The predicted octanol–water partition coefficient (Wildman–Crippen LogP) is 3.73. The Morgan fingerprint density at radius 2 is 1.85 bits per heavy atom. The Bertz CT molecular complexity index is 1000. The van der Waals surface area contributed by atoms with Gasteiger partial charge in [-0.1, -0.05) is 46.3 Å². The molecule has 7 heteroatoms. The average Bonchev–Trinajstić information content (AvgIpc) is 2.66. The molecule has 0 unspecified atom stereocenters. The number of carbonyl (C=O) groups excluding carboxylic acids is 1. The topological polar surface area (TPSA) is 91.6 Å². The van der Waals surface area contributed by atoms with E-state index in [0.717, 1.165) is 4.47 Å². The van der Waals surface area contributed by atoms with E-state index in [9.17, 15) is 9.59 Å². The third kappa shape index (κ3) is 4.64. The highest BCUT2D eigenvalue weighted by Gasteiger charge is 2.20. The molecular weight excluding hydrogens is 412 g/mol. The fourth-order valence-electron chi connectivity index (χ4n) is 2.54. The third-order valence-electron chi connectivity index (χ3n) is 3.75. The van der Waals surface area contributed by atoms with Gasteiger partial charge in [-0.2, -0.15) is 0 Å². The molecule has 1 amide bonds. The Balaban J connectivity index is 2.02. The van der Waals surface area contributed by atoms with E-state index in [1.54, 1.807) is 42.5 Å². The lowest BCUT2D eigenvalue weighted by atomic mass is 10.1. The average molecular weight is 429 g/mol. The zero-order valence-corrected chi connectivity index (χ0v) is 15.8. The molecule has 3 rings (SSSR count). The van der Waals surface area contributed by atoms with Gasteiger partial charge in [-0.05, 0) is 24.3 Å². The molecule has 0 atom stereocenters. The van der Waals surface area contributed by atoms with Crippen molar-refractivity contribution in [3.05, 3.63) is 81.1 Å². The molecule has 0 saturated heterocycles. The monoisotopic (exact) mass is 428 g/mol. The molecule has 6 nitrogen and oxygen atoms in total. The Hall–Kier alpha value is -2.90. The number of rotatable bonds is 6. The number of nitrogens with one attached hydrogen (secondary N) is 2. The molecule has 0 radical (unpaired) electrons. The van der Waals surface area contributed by atoms with Gasteiger partial charge in [0.2, 0.25) is 0 Å². The molecule has 0 aliphatic rings. The second-order valence-corrected chi connectivity index (χ2v) is 6.58. The van der Waals surface area contributed by atoms with Gasteiger partial charge < -0.3 is 20.2 Å². The van der Waals surface area contributed by atoms with Crippen LogP contribution < -0.4 is 16.3 Å². The van der Waals surface area contributed by atoms with Crippen molar-refractivity contribution in [2.24, 2.45) is 0 Å². The van der Waals surface area contributed by atoms with Crippen LogP contribution in [0.3, 0.4) is 0 Å². The molecule has 0 bridgehead atoms. The van der Waals surface area contributed by atoms with Crippen molar-refractivity contribution in [3.8, 4) is 11.3 Å². The van der Waals surface area contributed by atoms with E-state index in [1.165, 1.54) is 0 Å². The Morgan fingerprint density at radius 3 is 2.56 bits per heavy atom. The number of para-hydroxylation sites is 1. The first-order valence-corrected chi connectivity index (χ1v) is 9.03. The van der Waals surface area contributed by atoms with Crippen LogP contribution in [0.4, 0.5) is 11.4 Å². The van der Waals surface area contributed by atoms with Crippen molar-refractivity contribution >= 4 is 33.2 Å². The van der Waals surface area contributed by atoms with E-state index in [2.05, 4.69) is 26.6 Å². The number of hydrogen-bond acceptors (Lipinski definition) is 5. The van der Waals surface area contributed by atoms with Crippen LogP contribution in [0.1, 0.15) is 10.4 Å². The summed E-state index contributed by atoms with van der Waals surface area (Å²) < 4.78 is 6.22. The number of halogens is 1. The molecule has 0 aliphatic heterocycles. The van der Waals surface area contributed by atoms with Gasteiger partial charge in [-0.3, -0.25) is 4.79 Å². The Labute approximate surface area is 164 Å². The quantitative estimate of drug-likeness (QED) is 0.556. The van der Waals surface area contributed by atoms with Gasteiger partial charge in [0.25, 0.3) is 5.91 Å². The zero-order chi connectivity index (χ0) is 19.2. The normalized spacial score (nSPS) is 10.4. The molecule has 3 aromatic rings. The first kappa shape index (κ1) is 18.9. The summed E-state index contributed by atoms with van der Waals surface area (Å²) in [6, 6.07) is 17.7. The highest BCUT2D eigenvalue weighted by molar-refractivity contribution is 9.10. The molecule has 3 N–H and O–H groups in total. The van der Waals surface area contributed by atoms with Crippen LogP contribution in [0.2, 0.25) is 0 Å². The molecule has 138 valence electrons. The van der Waals surface area contributed by atoms with Crippen LogP contribution in [0.5, 0.6) is 0 Å². The van der Waals surface area contributed by atoms with Crippen LogP contribution in [-0.2, 0) is 0 Å². The molecule has 1 aromatic heterocycles. The summed E-state index contributed by atoms with van der Waals surface area (Å²) in [4.78, 5) is 25.2. The summed E-state index contributed by atoms with van der Waals surface area (Å²) in [6.07, 6.45) is 0. The second kappa shape index (κ2) is 8.66. The fraction of sp³-hybridized carbons (Fsp3) is 0.100. The lowest BCUT2D eigenvalue weighted by Crippen LogP contribution is -2.24. The van der Waals surface area contributed by atoms with E-state index in [-0.39, 0.29) is 18.7 Å². The summed E-state index contributed by atoms with van der Waals surface area (Å²) in [5.74, 6) is -0.269. The Morgan fingerprint density at radius 1 is 1.07 bits per heavy atom. The molecule has 0 aliphatic carbocycles. The lowest BCUT2D eigenvalue weighted by molar-refractivity contribution is 0.102. The standard InChI is InChI=1S/C20H17BrN2O4/c21-14-6-4-5-13(11-14)17-12-16(22-9-10-24)18(20(26)27-17)19(25)23-15-7-2-1-3-8-15/h1-8,11-12,22,24H,9-10H2,(H,23,25). The van der Waals surface area contributed by atoms with Crippen molar-refractivity contribution < 1.29 is 14.3 Å². The summed E-state index contributed by atoms with van der Waals surface area (Å²) in [5.41, 5.74) is 0.630. The van der Waals surface area contributed by atoms with Gasteiger partial charge >= 0.3 is 5.63 Å². The SMILES string of the molecule is O=C(Nc1ccccc1)c1c(NCCO)cc(-c2cccc(Br)c2)oc1=O. The summed E-state index contributed by atoms with van der Waals surface area (Å²) in [5, 5.41) is 14.7. The number of amides is 1. The van der Waals surface area contributed by atoms with Gasteiger partial charge in [-0.15, -0.1) is 0 Å². The van der Waals surface area contributed by atoms with E-state index < -0.39 is 11.5 Å². The lowest BCUT2D eigenvalue weighted by Gasteiger charge is -2.12. The van der Waals surface area contributed by atoms with Crippen LogP contribution >= 0.6 is 15.9 Å². The molecule has 1 heterocycles. The first-order chi connectivity index (χ1) is 13.1. The van der Waals surface area contributed by atoms with Gasteiger partial charge in [0, 0.05) is 28.3 Å². The first-order valence-electron chi connectivity index (χ1n) is 8.23. The molecule has 0 spiro atoms. The third-order valence-corrected chi connectivity index (χ3v) is 4.24. The number of benzene rings is 2. The maximum atomic E-state index is 12.6. The van der Waals surface area contributed by atoms with Crippen LogP contribution in [-0.4, -0.2) is 24.2 Å². The summed E-state index contributed by atoms with van der Waals surface area (Å²) in [7, 11) is 0. The minimum absolute atomic E-state index is 0.147. The van der Waals surface area contributed by atoms with E-state index in [1.807, 2.05) is 18.2 Å². The number of anilines is 2. The number of carbonyl (C=O) groups is 1. The van der Waals surface area contributed by atoms with Crippen molar-refractivity contribution in [1.29, 1.82) is 0 Å². The van der Waals surface area contributed by atoms with E-state index >= 15 is 0 Å². The number of aliphatic hydroxyl groups is 1. The fourth-order valence-corrected chi connectivity index (χ4v) is 2.94. The highest BCUT2D eigenvalue weighted by atomic mass is 79.9. The van der Waals surface area contributed by atoms with Crippen molar-refractivity contribution in [2.75, 3.05) is 23.8 Å². The maximum Gasteiger partial charge on any atom is 0.351 e. The van der Waals surface area contributed by atoms with Gasteiger partial charge in [0.15, 0.2) is 0 Å². The van der Waals surface area contributed by atoms with Crippen molar-refractivity contribution in [3.63, 3.8) is 0 Å². The molecule has 2 aromatic carbocycles. The number of hydrogen-bond donors (Lipinski definition) is 3. The molecular formula is C20H17BrN2O4. The predicted molar refractivity (Wildman–Crippen MR) is 108 cm³/mol. The number of aliphatic hydroxyl groups excluding tert-OH is 1. The Kier molecular flexibility index (Phi) is 6.05. The molecule has 0 saturated carbocycles. The summed E-state index contributed by atoms with van der Waals surface area (Å²) in [6.45, 7) is 0.0409. The minimum atomic E-state index is -0.763. The van der Waals surface area contributed by atoms with Gasteiger partial charge in [-0.25, -0.2) is 4.79 Å². The molecule has 0 fully saturated rings. The maximum absolute atomic E-state index is 12.6. The van der Waals surface area contributed by atoms with Crippen molar-refractivity contribution in [1.82, 2.24) is 0 Å². The van der Waals surface area contributed by atoms with E-state index in [4.69, 9.17) is 9.52 Å². The zero-order valence-electron chi connectivity index (χ0n) is 14.2. The van der Waals surface area contributed by atoms with Crippen LogP contribution in [0.15, 0.2) is 74.3 Å². The summed E-state index contributed by atoms with van der Waals surface area (Å²) >= 11 is 3.38. The largest absolute Gasteiger partial charge is 0.422 e. The van der Waals surface area contributed by atoms with Gasteiger partial charge in [0.1, 0.15) is 11.3 Å². The van der Waals surface area contributed by atoms with Crippen LogP contribution in [0.25, 0.3) is 11.3 Å². The van der Waals surface area contributed by atoms with E-state index in [0.29, 0.717) is 22.7 Å². The van der Waals surface area contributed by atoms with Crippen LogP contribution in [0, 0.1) is 0 Å². The smallest absolute Gasteiger partial charge is 0.351 e. The minimum Gasteiger partial charge on any atom is -0.422 e.